The zero-order chi connectivity index (χ0) is 13.1. The molecule has 0 spiro atoms. The van der Waals surface area contributed by atoms with Crippen LogP contribution >= 0.6 is 43.2 Å². The lowest BCUT2D eigenvalue weighted by atomic mass is 10.2. The molecule has 0 saturated carbocycles. The number of thiazole rings is 1. The van der Waals surface area contributed by atoms with Gasteiger partial charge in [-0.1, -0.05) is 31.9 Å². The monoisotopic (exact) mass is 388 g/mol. The van der Waals surface area contributed by atoms with E-state index in [1.807, 2.05) is 18.4 Å². The summed E-state index contributed by atoms with van der Waals surface area (Å²) in [6.07, 6.45) is 0. The van der Waals surface area contributed by atoms with E-state index in [-0.39, 0.29) is 5.91 Å². The number of benzene rings is 1. The zero-order valence-electron chi connectivity index (χ0n) is 9.54. The molecule has 2 aromatic rings. The Morgan fingerprint density at radius 3 is 2.56 bits per heavy atom. The second kappa shape index (κ2) is 5.95. The van der Waals surface area contributed by atoms with Gasteiger partial charge in [-0.2, -0.15) is 0 Å². The lowest BCUT2D eigenvalue weighted by Gasteiger charge is -2.04. The largest absolute Gasteiger partial charge is 0.346 e. The van der Waals surface area contributed by atoms with Crippen LogP contribution in [0.2, 0.25) is 0 Å². The van der Waals surface area contributed by atoms with Crippen LogP contribution in [0, 0.1) is 6.92 Å². The van der Waals surface area contributed by atoms with Crippen molar-refractivity contribution in [2.45, 2.75) is 13.5 Å². The van der Waals surface area contributed by atoms with Crippen LogP contribution in [0.15, 0.2) is 32.5 Å². The van der Waals surface area contributed by atoms with Gasteiger partial charge in [-0.25, -0.2) is 4.98 Å². The molecule has 0 aliphatic rings. The number of aromatic nitrogens is 1. The number of halogens is 2. The van der Waals surface area contributed by atoms with Crippen LogP contribution in [0.3, 0.4) is 0 Å². The van der Waals surface area contributed by atoms with Crippen LogP contribution in [-0.4, -0.2) is 10.9 Å². The van der Waals surface area contributed by atoms with Gasteiger partial charge in [0.15, 0.2) is 0 Å². The molecule has 1 heterocycles. The molecule has 2 rings (SSSR count). The fourth-order valence-corrected chi connectivity index (χ4v) is 3.43. The van der Waals surface area contributed by atoms with Gasteiger partial charge in [-0.15, -0.1) is 11.3 Å². The molecule has 0 atom stereocenters. The number of carbonyl (C=O) groups excluding carboxylic acids is 1. The van der Waals surface area contributed by atoms with E-state index in [2.05, 4.69) is 42.2 Å². The van der Waals surface area contributed by atoms with Crippen molar-refractivity contribution >= 4 is 49.1 Å². The number of aryl methyl sites for hydroxylation is 1. The highest BCUT2D eigenvalue weighted by atomic mass is 79.9. The Balaban J connectivity index is 2.03. The van der Waals surface area contributed by atoms with Crippen molar-refractivity contribution in [2.75, 3.05) is 0 Å². The summed E-state index contributed by atoms with van der Waals surface area (Å²) in [7, 11) is 0. The van der Waals surface area contributed by atoms with Gasteiger partial charge in [0, 0.05) is 25.6 Å². The minimum Gasteiger partial charge on any atom is -0.346 e. The third-order valence-electron chi connectivity index (χ3n) is 2.19. The third kappa shape index (κ3) is 3.63. The molecular formula is C12H10Br2N2OS. The number of hydrogen-bond donors (Lipinski definition) is 1. The van der Waals surface area contributed by atoms with Crippen molar-refractivity contribution in [1.82, 2.24) is 10.3 Å². The van der Waals surface area contributed by atoms with E-state index >= 15 is 0 Å². The molecule has 6 heteroatoms. The van der Waals surface area contributed by atoms with Crippen LogP contribution in [0.1, 0.15) is 21.1 Å². The SMILES string of the molecule is Cc1csc(CNC(=O)c2cc(Br)cc(Br)c2)n1. The number of nitrogens with zero attached hydrogens (tertiary/aromatic N) is 1. The minimum atomic E-state index is -0.107. The van der Waals surface area contributed by atoms with Crippen molar-refractivity contribution in [3.05, 3.63) is 48.8 Å². The third-order valence-corrected chi connectivity index (χ3v) is 4.07. The maximum Gasteiger partial charge on any atom is 0.251 e. The summed E-state index contributed by atoms with van der Waals surface area (Å²) in [5, 5.41) is 5.73. The lowest BCUT2D eigenvalue weighted by molar-refractivity contribution is 0.0950. The quantitative estimate of drug-likeness (QED) is 0.864. The standard InChI is InChI=1S/C12H10Br2N2OS/c1-7-6-18-11(16-7)5-15-12(17)8-2-9(13)4-10(14)3-8/h2-4,6H,5H2,1H3,(H,15,17). The van der Waals surface area contributed by atoms with Gasteiger partial charge < -0.3 is 5.32 Å². The van der Waals surface area contributed by atoms with Crippen molar-refractivity contribution in [1.29, 1.82) is 0 Å². The molecular weight excluding hydrogens is 380 g/mol. The first-order valence-corrected chi connectivity index (χ1v) is 7.66. The van der Waals surface area contributed by atoms with E-state index < -0.39 is 0 Å². The average Bonchev–Trinajstić information content (AvgIpc) is 2.70. The number of amides is 1. The predicted molar refractivity (Wildman–Crippen MR) is 79.9 cm³/mol. The average molecular weight is 390 g/mol. The van der Waals surface area contributed by atoms with Crippen LogP contribution in [-0.2, 0) is 6.54 Å². The normalized spacial score (nSPS) is 10.4. The molecule has 0 aliphatic heterocycles. The van der Waals surface area contributed by atoms with Gasteiger partial charge in [-0.05, 0) is 25.1 Å². The Morgan fingerprint density at radius 1 is 1.33 bits per heavy atom. The Hall–Kier alpha value is -0.720. The van der Waals surface area contributed by atoms with Crippen molar-refractivity contribution in [3.8, 4) is 0 Å². The molecule has 0 saturated heterocycles. The fraction of sp³-hybridized carbons (Fsp3) is 0.167. The van der Waals surface area contributed by atoms with Crippen LogP contribution in [0.5, 0.6) is 0 Å². The first-order valence-electron chi connectivity index (χ1n) is 5.20. The topological polar surface area (TPSA) is 42.0 Å². The van der Waals surface area contributed by atoms with Crippen LogP contribution in [0.25, 0.3) is 0 Å². The van der Waals surface area contributed by atoms with Crippen molar-refractivity contribution in [2.24, 2.45) is 0 Å². The maximum atomic E-state index is 12.0. The summed E-state index contributed by atoms with van der Waals surface area (Å²) in [5.41, 5.74) is 1.60. The van der Waals surface area contributed by atoms with E-state index in [1.165, 1.54) is 0 Å². The Labute approximate surface area is 126 Å². The summed E-state index contributed by atoms with van der Waals surface area (Å²) in [6.45, 7) is 2.40. The Bertz CT molecular complexity index is 563. The van der Waals surface area contributed by atoms with Crippen molar-refractivity contribution < 1.29 is 4.79 Å². The van der Waals surface area contributed by atoms with E-state index in [0.29, 0.717) is 12.1 Å². The van der Waals surface area contributed by atoms with Gasteiger partial charge in [0.05, 0.1) is 6.54 Å². The highest BCUT2D eigenvalue weighted by molar-refractivity contribution is 9.11. The molecule has 0 bridgehead atoms. The molecule has 1 N–H and O–H groups in total. The fourth-order valence-electron chi connectivity index (χ4n) is 1.43. The van der Waals surface area contributed by atoms with E-state index in [1.54, 1.807) is 23.5 Å². The molecule has 1 aromatic carbocycles. The van der Waals surface area contributed by atoms with E-state index in [0.717, 1.165) is 19.6 Å². The second-order valence-corrected chi connectivity index (χ2v) is 6.50. The van der Waals surface area contributed by atoms with Crippen molar-refractivity contribution in [3.63, 3.8) is 0 Å². The molecule has 1 aromatic heterocycles. The zero-order valence-corrected chi connectivity index (χ0v) is 13.5. The minimum absolute atomic E-state index is 0.107. The number of hydrogen-bond acceptors (Lipinski definition) is 3. The van der Waals surface area contributed by atoms with Gasteiger partial charge in [0.1, 0.15) is 5.01 Å². The van der Waals surface area contributed by atoms with Gasteiger partial charge in [0.2, 0.25) is 0 Å². The smallest absolute Gasteiger partial charge is 0.251 e. The van der Waals surface area contributed by atoms with Gasteiger partial charge >= 0.3 is 0 Å². The molecule has 94 valence electrons. The van der Waals surface area contributed by atoms with E-state index in [9.17, 15) is 4.79 Å². The van der Waals surface area contributed by atoms with Gasteiger partial charge in [0.25, 0.3) is 5.91 Å². The Kier molecular flexibility index (Phi) is 4.53. The molecule has 3 nitrogen and oxygen atoms in total. The predicted octanol–water partition coefficient (Wildman–Crippen LogP) is 3.91. The molecule has 0 unspecified atom stereocenters. The number of carbonyl (C=O) groups is 1. The summed E-state index contributed by atoms with van der Waals surface area (Å²) in [4.78, 5) is 16.3. The molecule has 18 heavy (non-hydrogen) atoms. The second-order valence-electron chi connectivity index (χ2n) is 3.72. The first-order chi connectivity index (χ1) is 8.54. The maximum absolute atomic E-state index is 12.0. The van der Waals surface area contributed by atoms with Gasteiger partial charge in [-0.3, -0.25) is 4.79 Å². The van der Waals surface area contributed by atoms with Crippen LogP contribution < -0.4 is 5.32 Å². The highest BCUT2D eigenvalue weighted by Gasteiger charge is 2.08. The lowest BCUT2D eigenvalue weighted by Crippen LogP contribution is -2.22. The number of rotatable bonds is 3. The first kappa shape index (κ1) is 13.7. The summed E-state index contributed by atoms with van der Waals surface area (Å²) < 4.78 is 1.74. The van der Waals surface area contributed by atoms with Crippen LogP contribution in [0.4, 0.5) is 0 Å². The summed E-state index contributed by atoms with van der Waals surface area (Å²) >= 11 is 8.27. The number of nitrogens with one attached hydrogen (secondary N) is 1. The highest BCUT2D eigenvalue weighted by Crippen LogP contribution is 2.20. The molecule has 1 amide bonds. The molecule has 0 fully saturated rings. The Morgan fingerprint density at radius 2 is 2.00 bits per heavy atom. The summed E-state index contributed by atoms with van der Waals surface area (Å²) in [5.74, 6) is -0.107. The molecule has 0 radical (unpaired) electrons. The van der Waals surface area contributed by atoms with E-state index in [4.69, 9.17) is 0 Å². The summed E-state index contributed by atoms with van der Waals surface area (Å²) in [6, 6.07) is 5.46. The molecule has 0 aliphatic carbocycles.